The second kappa shape index (κ2) is 7.02. The third-order valence-electron chi connectivity index (χ3n) is 3.40. The Kier molecular flexibility index (Phi) is 5.07. The van der Waals surface area contributed by atoms with E-state index in [0.717, 1.165) is 7.11 Å². The van der Waals surface area contributed by atoms with Crippen LogP contribution in [0.1, 0.15) is 23.9 Å². The molecule has 0 saturated carbocycles. The number of rotatable bonds is 4. The summed E-state index contributed by atoms with van der Waals surface area (Å²) in [4.78, 5) is 42.9. The molecule has 128 valence electrons. The van der Waals surface area contributed by atoms with Crippen LogP contribution in [-0.2, 0) is 25.5 Å². The summed E-state index contributed by atoms with van der Waals surface area (Å²) in [6.07, 6.45) is -0.775. The predicted octanol–water partition coefficient (Wildman–Crippen LogP) is 0.0979. The first-order chi connectivity index (χ1) is 11.3. The zero-order chi connectivity index (χ0) is 17.9. The Morgan fingerprint density at radius 1 is 1.33 bits per heavy atom. The van der Waals surface area contributed by atoms with Crippen LogP contribution in [0.25, 0.3) is 5.78 Å². The Hall–Kier alpha value is -3.04. The van der Waals surface area contributed by atoms with Gasteiger partial charge in [0.25, 0.3) is 11.7 Å². The normalized spacial score (nSPS) is 11.8. The van der Waals surface area contributed by atoms with Crippen LogP contribution in [0, 0.1) is 13.8 Å². The number of imide groups is 1. The summed E-state index contributed by atoms with van der Waals surface area (Å²) >= 11 is 0. The number of aromatic nitrogens is 4. The maximum Gasteiger partial charge on any atom is 0.413 e. The summed E-state index contributed by atoms with van der Waals surface area (Å²) in [5.41, 5.74) is 1.97. The molecule has 0 aliphatic heterocycles. The average molecular weight is 335 g/mol. The minimum Gasteiger partial charge on any atom is -0.453 e. The van der Waals surface area contributed by atoms with E-state index in [1.807, 2.05) is 5.32 Å². The van der Waals surface area contributed by atoms with Gasteiger partial charge >= 0.3 is 12.1 Å². The zero-order valence-corrected chi connectivity index (χ0v) is 13.7. The lowest BCUT2D eigenvalue weighted by molar-refractivity contribution is -0.153. The number of hydrogen-bond acceptors (Lipinski definition) is 8. The summed E-state index contributed by atoms with van der Waals surface area (Å²) in [7, 11) is 1.12. The topological polar surface area (TPSA) is 125 Å². The number of nitrogens with one attached hydrogen (secondary N) is 1. The fourth-order valence-corrected chi connectivity index (χ4v) is 2.10. The van der Waals surface area contributed by atoms with Crippen molar-refractivity contribution in [2.24, 2.45) is 0 Å². The highest BCUT2D eigenvalue weighted by molar-refractivity contribution is 5.95. The average Bonchev–Trinajstić information content (AvgIpc) is 2.99. The first kappa shape index (κ1) is 17.3. The van der Waals surface area contributed by atoms with E-state index >= 15 is 0 Å². The number of esters is 1. The third kappa shape index (κ3) is 3.65. The molecule has 0 spiro atoms. The molecule has 0 saturated heterocycles. The van der Waals surface area contributed by atoms with Crippen LogP contribution < -0.4 is 5.32 Å². The lowest BCUT2D eigenvalue weighted by Gasteiger charge is -2.14. The molecule has 1 atom stereocenters. The van der Waals surface area contributed by atoms with E-state index in [2.05, 4.69) is 19.8 Å². The quantitative estimate of drug-likeness (QED) is 0.780. The number of carbonyl (C=O) groups is 3. The molecule has 0 radical (unpaired) electrons. The molecule has 1 N–H and O–H groups in total. The highest BCUT2D eigenvalue weighted by Gasteiger charge is 2.22. The number of fused-ring (bicyclic) bond motifs is 1. The van der Waals surface area contributed by atoms with Gasteiger partial charge in [-0.25, -0.2) is 14.3 Å². The van der Waals surface area contributed by atoms with Crippen molar-refractivity contribution in [2.75, 3.05) is 7.11 Å². The molecule has 0 aliphatic carbocycles. The smallest absolute Gasteiger partial charge is 0.413 e. The van der Waals surface area contributed by atoms with Gasteiger partial charge in [-0.2, -0.15) is 10.1 Å². The number of hydrogen-bond donors (Lipinski definition) is 1. The molecule has 2 heterocycles. The lowest BCUT2D eigenvalue weighted by Crippen LogP contribution is -2.39. The van der Waals surface area contributed by atoms with Gasteiger partial charge in [-0.3, -0.25) is 14.9 Å². The molecule has 0 aliphatic rings. The van der Waals surface area contributed by atoms with Gasteiger partial charge < -0.3 is 9.47 Å². The Morgan fingerprint density at radius 2 is 2.04 bits per heavy atom. The van der Waals surface area contributed by atoms with Crippen LogP contribution in [0.15, 0.2) is 6.33 Å². The van der Waals surface area contributed by atoms with Crippen LogP contribution >= 0.6 is 0 Å². The zero-order valence-electron chi connectivity index (χ0n) is 13.7. The van der Waals surface area contributed by atoms with Crippen molar-refractivity contribution < 1.29 is 23.9 Å². The number of methoxy groups -OCH3 is 1. The molecule has 0 aromatic carbocycles. The number of carbonyl (C=O) groups excluding carboxylic acids is 3. The summed E-state index contributed by atoms with van der Waals surface area (Å²) in [6.45, 7) is 4.89. The van der Waals surface area contributed by atoms with Crippen molar-refractivity contribution in [3.8, 4) is 0 Å². The maximum absolute atomic E-state index is 12.1. The van der Waals surface area contributed by atoms with Crippen molar-refractivity contribution >= 4 is 23.7 Å². The number of alkyl carbamates (subject to hydrolysis) is 1. The molecule has 2 aromatic heterocycles. The van der Waals surface area contributed by atoms with Crippen LogP contribution in [0.2, 0.25) is 0 Å². The second-order valence-electron chi connectivity index (χ2n) is 5.02. The monoisotopic (exact) mass is 335 g/mol. The standard InChI is InChI=1S/C14H17N5O5/c1-7-10(8(2)19-13(17-7)15-6-16-19)5-11(20)24-9(3)12(21)18-14(22)23-4/h6,9H,5H2,1-4H3,(H,18,21,22)/t9-/m1/s1. The Morgan fingerprint density at radius 3 is 2.71 bits per heavy atom. The van der Waals surface area contributed by atoms with Gasteiger partial charge in [-0.05, 0) is 20.8 Å². The minimum atomic E-state index is -1.14. The van der Waals surface area contributed by atoms with E-state index < -0.39 is 24.1 Å². The van der Waals surface area contributed by atoms with Crippen LogP contribution in [-0.4, -0.2) is 50.8 Å². The van der Waals surface area contributed by atoms with Gasteiger partial charge in [0.15, 0.2) is 6.10 Å². The van der Waals surface area contributed by atoms with Gasteiger partial charge in [-0.15, -0.1) is 0 Å². The second-order valence-corrected chi connectivity index (χ2v) is 5.02. The van der Waals surface area contributed by atoms with Crippen molar-refractivity contribution in [2.45, 2.75) is 33.3 Å². The number of amides is 2. The molecule has 2 amide bonds. The molecule has 2 aromatic rings. The summed E-state index contributed by atoms with van der Waals surface area (Å²) in [6, 6.07) is 0. The molecule has 24 heavy (non-hydrogen) atoms. The van der Waals surface area contributed by atoms with Crippen LogP contribution in [0.5, 0.6) is 0 Å². The van der Waals surface area contributed by atoms with Crippen molar-refractivity contribution in [1.29, 1.82) is 0 Å². The fraction of sp³-hybridized carbons (Fsp3) is 0.429. The molecule has 2 rings (SSSR count). The molecule has 0 bridgehead atoms. The molecule has 10 nitrogen and oxygen atoms in total. The van der Waals surface area contributed by atoms with Gasteiger partial charge in [0.05, 0.1) is 13.5 Å². The largest absolute Gasteiger partial charge is 0.453 e. The van der Waals surface area contributed by atoms with E-state index in [-0.39, 0.29) is 6.42 Å². The Bertz CT molecular complexity index is 800. The molecule has 0 unspecified atom stereocenters. The molecular weight excluding hydrogens is 318 g/mol. The SMILES string of the molecule is COC(=O)NC(=O)[C@@H](C)OC(=O)Cc1c(C)nc2ncnn2c1C. The third-order valence-corrected chi connectivity index (χ3v) is 3.40. The number of aryl methyl sites for hydroxylation is 2. The van der Waals surface area contributed by atoms with Crippen molar-refractivity contribution in [3.05, 3.63) is 23.3 Å². The maximum atomic E-state index is 12.1. The molecule has 10 heteroatoms. The molecular formula is C14H17N5O5. The highest BCUT2D eigenvalue weighted by atomic mass is 16.6. The Balaban J connectivity index is 2.07. The van der Waals surface area contributed by atoms with Crippen molar-refractivity contribution in [3.63, 3.8) is 0 Å². The van der Waals surface area contributed by atoms with E-state index in [9.17, 15) is 14.4 Å². The van der Waals surface area contributed by atoms with Crippen molar-refractivity contribution in [1.82, 2.24) is 24.9 Å². The summed E-state index contributed by atoms with van der Waals surface area (Å²) < 4.78 is 10.9. The number of nitrogens with zero attached hydrogens (tertiary/aromatic N) is 4. The van der Waals surface area contributed by atoms with Crippen LogP contribution in [0.3, 0.4) is 0 Å². The van der Waals surface area contributed by atoms with Gasteiger partial charge in [0.2, 0.25) is 0 Å². The van der Waals surface area contributed by atoms with Gasteiger partial charge in [0.1, 0.15) is 6.33 Å². The number of ether oxygens (including phenoxy) is 2. The van der Waals surface area contributed by atoms with E-state index in [4.69, 9.17) is 4.74 Å². The predicted molar refractivity (Wildman–Crippen MR) is 80.1 cm³/mol. The first-order valence-electron chi connectivity index (χ1n) is 7.07. The highest BCUT2D eigenvalue weighted by Crippen LogP contribution is 2.14. The molecule has 0 fully saturated rings. The Labute approximate surface area is 137 Å². The summed E-state index contributed by atoms with van der Waals surface area (Å²) in [5.74, 6) is -0.962. The van der Waals surface area contributed by atoms with Crippen LogP contribution in [0.4, 0.5) is 4.79 Å². The first-order valence-corrected chi connectivity index (χ1v) is 7.07. The van der Waals surface area contributed by atoms with E-state index in [0.29, 0.717) is 22.7 Å². The van der Waals surface area contributed by atoms with Gasteiger partial charge in [0, 0.05) is 17.0 Å². The lowest BCUT2D eigenvalue weighted by atomic mass is 10.1. The van der Waals surface area contributed by atoms with E-state index in [1.54, 1.807) is 13.8 Å². The minimum absolute atomic E-state index is 0.0870. The fourth-order valence-electron chi connectivity index (χ4n) is 2.10. The van der Waals surface area contributed by atoms with Gasteiger partial charge in [-0.1, -0.05) is 0 Å². The van der Waals surface area contributed by atoms with E-state index in [1.165, 1.54) is 17.8 Å². The summed E-state index contributed by atoms with van der Waals surface area (Å²) in [5, 5.41) is 5.96.